The molecule has 1 aliphatic carbocycles. The number of para-hydroxylation sites is 3. The minimum absolute atomic E-state index is 0.245. The third kappa shape index (κ3) is 3.82. The summed E-state index contributed by atoms with van der Waals surface area (Å²) in [7, 11) is 0. The normalized spacial score (nSPS) is 16.6. The van der Waals surface area contributed by atoms with Gasteiger partial charge in [0.25, 0.3) is 0 Å². The van der Waals surface area contributed by atoms with E-state index in [0.717, 1.165) is 22.5 Å². The van der Waals surface area contributed by atoms with Crippen molar-refractivity contribution >= 4 is 77.0 Å². The molecule has 1 atom stereocenters. The Hall–Kier alpha value is -5.97. The predicted molar refractivity (Wildman–Crippen MR) is 212 cm³/mol. The fraction of sp³-hybridized carbons (Fsp3) is 0.0652. The van der Waals surface area contributed by atoms with Gasteiger partial charge in [-0.2, -0.15) is 0 Å². The molecule has 0 bridgehead atoms. The summed E-state index contributed by atoms with van der Waals surface area (Å²) < 4.78 is 3.77. The number of aromatic nitrogens is 2. The number of hydrogen-bond acceptors (Lipinski definition) is 3. The highest BCUT2D eigenvalue weighted by molar-refractivity contribution is 7.22. The Labute approximate surface area is 294 Å². The molecule has 0 saturated heterocycles. The maximum Gasteiger partial charge on any atom is 0.124 e. The predicted octanol–water partition coefficient (Wildman–Crippen LogP) is 12.2. The minimum atomic E-state index is -0.245. The van der Waals surface area contributed by atoms with Gasteiger partial charge in [0.05, 0.1) is 21.3 Å². The molecule has 0 saturated carbocycles. The molecule has 1 unspecified atom stereocenters. The average Bonchev–Trinajstić information content (AvgIpc) is 3.82. The van der Waals surface area contributed by atoms with Crippen molar-refractivity contribution in [3.8, 4) is 16.3 Å². The highest BCUT2D eigenvalue weighted by Gasteiger charge is 2.48. The van der Waals surface area contributed by atoms with E-state index in [9.17, 15) is 0 Å². The highest BCUT2D eigenvalue weighted by atomic mass is 32.1. The average molecular weight is 658 g/mol. The smallest absolute Gasteiger partial charge is 0.124 e. The number of fused-ring (bicyclic) bond motifs is 11. The van der Waals surface area contributed by atoms with Crippen LogP contribution in [-0.2, 0) is 6.42 Å². The number of thiazole rings is 1. The van der Waals surface area contributed by atoms with Crippen LogP contribution in [-0.4, -0.2) is 15.1 Å². The molecule has 0 fully saturated rings. The Balaban J connectivity index is 1.12. The summed E-state index contributed by atoms with van der Waals surface area (Å²) in [5, 5.41) is 7.39. The van der Waals surface area contributed by atoms with E-state index in [2.05, 4.69) is 174 Å². The second kappa shape index (κ2) is 10.3. The van der Waals surface area contributed by atoms with Crippen LogP contribution >= 0.6 is 11.3 Å². The topological polar surface area (TPSA) is 21.1 Å². The van der Waals surface area contributed by atoms with Gasteiger partial charge in [-0.3, -0.25) is 0 Å². The van der Waals surface area contributed by atoms with Crippen LogP contribution in [0.3, 0.4) is 0 Å². The molecule has 2 aliphatic rings. The van der Waals surface area contributed by atoms with E-state index in [4.69, 9.17) is 4.98 Å². The standard InChI is InChI=1S/C46H31N3S/c1-46-28-42-37(27-38(46)36-17-9-11-19-41(36)49(46)32-14-6-3-7-15-32)35-16-8-10-18-40(35)48(42)33-23-24-34-31(26-33)21-20-29-22-25-39-44(43(29)34)50-45(47-39)30-12-4-2-5-13-30/h2-27H,28H2,1H3. The van der Waals surface area contributed by atoms with Crippen LogP contribution in [0.25, 0.3) is 70.6 Å². The molecule has 4 heteroatoms. The van der Waals surface area contributed by atoms with Gasteiger partial charge in [0.2, 0.25) is 0 Å². The number of hydrogen-bond donors (Lipinski definition) is 0. The first-order chi connectivity index (χ1) is 24.7. The molecule has 236 valence electrons. The van der Waals surface area contributed by atoms with Crippen LogP contribution in [0.5, 0.6) is 0 Å². The lowest BCUT2D eigenvalue weighted by molar-refractivity contribution is 0.581. The van der Waals surface area contributed by atoms with Gasteiger partial charge in [-0.25, -0.2) is 4.98 Å². The van der Waals surface area contributed by atoms with E-state index in [1.165, 1.54) is 76.6 Å². The fourth-order valence-corrected chi connectivity index (χ4v) is 9.90. The van der Waals surface area contributed by atoms with Crippen LogP contribution in [0.2, 0.25) is 0 Å². The summed E-state index contributed by atoms with van der Waals surface area (Å²) in [6, 6.07) is 55.2. The second-order valence-corrected chi connectivity index (χ2v) is 14.8. The molecule has 0 N–H and O–H groups in total. The lowest BCUT2D eigenvalue weighted by atomic mass is 9.79. The van der Waals surface area contributed by atoms with Gasteiger partial charge in [0, 0.05) is 56.6 Å². The molecule has 50 heavy (non-hydrogen) atoms. The van der Waals surface area contributed by atoms with Crippen molar-refractivity contribution < 1.29 is 0 Å². The van der Waals surface area contributed by atoms with Crippen molar-refractivity contribution in [1.82, 2.24) is 9.55 Å². The Morgan fingerprint density at radius 2 is 1.40 bits per heavy atom. The number of nitrogens with zero attached hydrogens (tertiary/aromatic N) is 3. The molecule has 0 radical (unpaired) electrons. The van der Waals surface area contributed by atoms with Crippen LogP contribution in [0.4, 0.5) is 11.4 Å². The number of benzene rings is 7. The first kappa shape index (κ1) is 27.9. The molecule has 7 aromatic carbocycles. The van der Waals surface area contributed by atoms with Crippen molar-refractivity contribution in [2.75, 3.05) is 4.90 Å². The lowest BCUT2D eigenvalue weighted by Gasteiger charge is -2.40. The maximum absolute atomic E-state index is 5.06. The van der Waals surface area contributed by atoms with Crippen LogP contribution < -0.4 is 4.90 Å². The maximum atomic E-state index is 5.06. The van der Waals surface area contributed by atoms with Crippen molar-refractivity contribution in [2.24, 2.45) is 0 Å². The molecule has 3 heterocycles. The van der Waals surface area contributed by atoms with E-state index in [-0.39, 0.29) is 5.54 Å². The zero-order chi connectivity index (χ0) is 33.0. The van der Waals surface area contributed by atoms with E-state index >= 15 is 0 Å². The monoisotopic (exact) mass is 657 g/mol. The molecule has 2 aromatic heterocycles. The molecular formula is C46H31N3S. The zero-order valence-electron chi connectivity index (χ0n) is 27.5. The van der Waals surface area contributed by atoms with Crippen LogP contribution in [0.15, 0.2) is 152 Å². The third-order valence-corrected chi connectivity index (χ3v) is 12.1. The van der Waals surface area contributed by atoms with Crippen molar-refractivity contribution in [1.29, 1.82) is 0 Å². The summed E-state index contributed by atoms with van der Waals surface area (Å²) in [5.74, 6) is 0. The molecule has 3 nitrogen and oxygen atoms in total. The van der Waals surface area contributed by atoms with Gasteiger partial charge in [0.1, 0.15) is 5.01 Å². The quantitative estimate of drug-likeness (QED) is 0.176. The molecule has 0 spiro atoms. The van der Waals surface area contributed by atoms with Gasteiger partial charge in [-0.05, 0) is 77.2 Å². The van der Waals surface area contributed by atoms with E-state index in [1.807, 2.05) is 0 Å². The van der Waals surface area contributed by atoms with Crippen LogP contribution in [0.1, 0.15) is 23.7 Å². The fourth-order valence-electron chi connectivity index (χ4n) is 8.76. The molecular weight excluding hydrogens is 627 g/mol. The van der Waals surface area contributed by atoms with Gasteiger partial charge in [-0.15, -0.1) is 11.3 Å². The van der Waals surface area contributed by atoms with Gasteiger partial charge in [-0.1, -0.05) is 109 Å². The van der Waals surface area contributed by atoms with Gasteiger partial charge >= 0.3 is 0 Å². The summed E-state index contributed by atoms with van der Waals surface area (Å²) >= 11 is 1.79. The van der Waals surface area contributed by atoms with Gasteiger partial charge in [0.15, 0.2) is 0 Å². The SMILES string of the molecule is CC12Cc3c(c4ccccc4n3-c3ccc4c(ccc5ccc6nc(-c7ccccc7)sc6c54)c3)C=C1c1ccccc1N2c1ccccc1. The first-order valence-corrected chi connectivity index (χ1v) is 18.1. The van der Waals surface area contributed by atoms with E-state index in [1.54, 1.807) is 11.3 Å². The van der Waals surface area contributed by atoms with Crippen molar-refractivity contribution in [3.63, 3.8) is 0 Å². The van der Waals surface area contributed by atoms with Crippen molar-refractivity contribution in [3.05, 3.63) is 168 Å². The Bertz CT molecular complexity index is 2860. The molecule has 9 aromatic rings. The molecule has 1 aliphatic heterocycles. The Morgan fingerprint density at radius 1 is 0.660 bits per heavy atom. The van der Waals surface area contributed by atoms with Gasteiger partial charge < -0.3 is 9.47 Å². The Kier molecular flexibility index (Phi) is 5.74. The second-order valence-electron chi connectivity index (χ2n) is 13.8. The van der Waals surface area contributed by atoms with E-state index in [0.29, 0.717) is 0 Å². The summed E-state index contributed by atoms with van der Waals surface area (Å²) in [6.45, 7) is 2.42. The summed E-state index contributed by atoms with van der Waals surface area (Å²) in [4.78, 5) is 7.63. The number of anilines is 2. The highest BCUT2D eigenvalue weighted by Crippen LogP contribution is 2.56. The largest absolute Gasteiger partial charge is 0.331 e. The zero-order valence-corrected chi connectivity index (χ0v) is 28.3. The summed E-state index contributed by atoms with van der Waals surface area (Å²) in [5.41, 5.74) is 12.3. The number of rotatable bonds is 3. The third-order valence-electron chi connectivity index (χ3n) is 11.0. The van der Waals surface area contributed by atoms with E-state index < -0.39 is 0 Å². The van der Waals surface area contributed by atoms with Crippen molar-refractivity contribution in [2.45, 2.75) is 18.9 Å². The summed E-state index contributed by atoms with van der Waals surface area (Å²) in [6.07, 6.45) is 3.37. The van der Waals surface area contributed by atoms with Crippen LogP contribution in [0, 0.1) is 0 Å². The molecule has 0 amide bonds. The lowest BCUT2D eigenvalue weighted by Crippen LogP contribution is -2.44. The minimum Gasteiger partial charge on any atom is -0.331 e. The Morgan fingerprint density at radius 3 is 2.28 bits per heavy atom. The first-order valence-electron chi connectivity index (χ1n) is 17.3. The molecule has 11 rings (SSSR count).